The summed E-state index contributed by atoms with van der Waals surface area (Å²) in [5.74, 6) is 1.01. The molecule has 1 N–H and O–H groups in total. The number of ether oxygens (including phenoxy) is 1. The second kappa shape index (κ2) is 7.10. The molecule has 0 aromatic carbocycles. The summed E-state index contributed by atoms with van der Waals surface area (Å²) in [7, 11) is 3.06. The van der Waals surface area contributed by atoms with Crippen molar-refractivity contribution in [2.75, 3.05) is 26.0 Å². The van der Waals surface area contributed by atoms with Crippen LogP contribution in [0.15, 0.2) is 21.1 Å². The molecule has 0 aliphatic rings. The highest BCUT2D eigenvalue weighted by Gasteiger charge is 2.17. The van der Waals surface area contributed by atoms with Crippen molar-refractivity contribution < 1.29 is 23.3 Å². The van der Waals surface area contributed by atoms with E-state index in [-0.39, 0.29) is 18.2 Å². The Morgan fingerprint density at radius 1 is 1.35 bits per heavy atom. The van der Waals surface area contributed by atoms with E-state index < -0.39 is 5.97 Å². The van der Waals surface area contributed by atoms with Crippen LogP contribution in [0, 0.1) is 13.8 Å². The number of carbonyl (C=O) groups excluding carboxylic acids is 2. The van der Waals surface area contributed by atoms with Gasteiger partial charge in [-0.15, -0.1) is 0 Å². The van der Waals surface area contributed by atoms with Gasteiger partial charge < -0.3 is 19.0 Å². The van der Waals surface area contributed by atoms with Gasteiger partial charge in [0.1, 0.15) is 11.5 Å². The van der Waals surface area contributed by atoms with Crippen molar-refractivity contribution in [2.45, 2.75) is 20.4 Å². The number of rotatable bonds is 6. The minimum Gasteiger partial charge on any atom is -0.463 e. The normalized spacial score (nSPS) is 10.8. The number of nitrogens with one attached hydrogen (secondary N) is 1. The first-order chi connectivity index (χ1) is 10.9. The van der Waals surface area contributed by atoms with E-state index in [1.165, 1.54) is 7.11 Å². The molecular weight excluding hydrogens is 302 g/mol. The summed E-state index contributed by atoms with van der Waals surface area (Å²) in [6.07, 6.45) is 0. The van der Waals surface area contributed by atoms with E-state index in [0.717, 1.165) is 0 Å². The number of anilines is 1. The molecule has 2 rings (SSSR count). The third-order valence-electron chi connectivity index (χ3n) is 3.07. The number of likely N-dealkylation sites (N-methyl/N-ethyl adjacent to an activating group) is 1. The zero-order valence-electron chi connectivity index (χ0n) is 13.5. The third kappa shape index (κ3) is 4.43. The lowest BCUT2D eigenvalue weighted by Crippen LogP contribution is -2.29. The zero-order valence-corrected chi connectivity index (χ0v) is 13.5. The number of methoxy groups -OCH3 is 1. The number of aromatic nitrogens is 1. The van der Waals surface area contributed by atoms with Gasteiger partial charge in [-0.2, -0.15) is 0 Å². The smallest absolute Gasteiger partial charge is 0.374 e. The topological polar surface area (TPSA) is 97.8 Å². The second-order valence-corrected chi connectivity index (χ2v) is 5.26. The number of nitrogens with zero attached hydrogens (tertiary/aromatic N) is 2. The number of aryl methyl sites for hydroxylation is 2. The van der Waals surface area contributed by atoms with Crippen molar-refractivity contribution in [3.8, 4) is 0 Å². The fraction of sp³-hybridized carbons (Fsp3) is 0.400. The Morgan fingerprint density at radius 2 is 2.09 bits per heavy atom. The van der Waals surface area contributed by atoms with Crippen LogP contribution in [0.5, 0.6) is 0 Å². The van der Waals surface area contributed by atoms with Crippen LogP contribution in [0.1, 0.15) is 27.6 Å². The summed E-state index contributed by atoms with van der Waals surface area (Å²) in [4.78, 5) is 25.2. The molecule has 2 aromatic rings. The maximum Gasteiger partial charge on any atom is 0.374 e. The van der Waals surface area contributed by atoms with E-state index in [2.05, 4.69) is 15.2 Å². The van der Waals surface area contributed by atoms with Gasteiger partial charge in [0.15, 0.2) is 5.82 Å². The summed E-state index contributed by atoms with van der Waals surface area (Å²) >= 11 is 0. The highest BCUT2D eigenvalue weighted by Crippen LogP contribution is 2.17. The number of hydrogen-bond acceptors (Lipinski definition) is 7. The molecule has 0 saturated heterocycles. The van der Waals surface area contributed by atoms with Gasteiger partial charge in [0.25, 0.3) is 0 Å². The van der Waals surface area contributed by atoms with Crippen LogP contribution in [0.4, 0.5) is 5.82 Å². The molecule has 0 spiro atoms. The molecule has 23 heavy (non-hydrogen) atoms. The van der Waals surface area contributed by atoms with Crippen LogP contribution < -0.4 is 5.32 Å². The highest BCUT2D eigenvalue weighted by molar-refractivity contribution is 5.91. The minimum atomic E-state index is -0.518. The van der Waals surface area contributed by atoms with Crippen molar-refractivity contribution >= 4 is 17.7 Å². The standard InChI is InChI=1S/C15H19N3O5/c1-9-5-11(22-14(9)15(20)21-4)7-18(3)8-13(19)16-12-6-10(2)23-17-12/h5-6H,7-8H2,1-4H3,(H,16,17,19). The van der Waals surface area contributed by atoms with Crippen LogP contribution in [-0.2, 0) is 16.1 Å². The SMILES string of the molecule is COC(=O)c1oc(CN(C)CC(=O)Nc2cc(C)on2)cc1C. The molecule has 0 aliphatic heterocycles. The molecule has 2 aromatic heterocycles. The van der Waals surface area contributed by atoms with Crippen LogP contribution in [-0.4, -0.2) is 42.6 Å². The van der Waals surface area contributed by atoms with Crippen molar-refractivity contribution in [2.24, 2.45) is 0 Å². The van der Waals surface area contributed by atoms with Gasteiger partial charge in [-0.05, 0) is 27.0 Å². The Balaban J connectivity index is 1.90. The Morgan fingerprint density at radius 3 is 2.70 bits per heavy atom. The van der Waals surface area contributed by atoms with Gasteiger partial charge in [0.05, 0.1) is 20.2 Å². The first-order valence-electron chi connectivity index (χ1n) is 6.98. The van der Waals surface area contributed by atoms with Crippen LogP contribution >= 0.6 is 0 Å². The average molecular weight is 321 g/mol. The van der Waals surface area contributed by atoms with Crippen molar-refractivity contribution in [3.63, 3.8) is 0 Å². The number of carbonyl (C=O) groups is 2. The van der Waals surface area contributed by atoms with Gasteiger partial charge in [-0.1, -0.05) is 5.16 Å². The van der Waals surface area contributed by atoms with Crippen molar-refractivity contribution in [1.82, 2.24) is 10.1 Å². The fourth-order valence-electron chi connectivity index (χ4n) is 2.10. The number of esters is 1. The molecular formula is C15H19N3O5. The predicted octanol–water partition coefficient (Wildman–Crippen LogP) is 1.74. The molecule has 2 heterocycles. The van der Waals surface area contributed by atoms with E-state index >= 15 is 0 Å². The van der Waals surface area contributed by atoms with Crippen LogP contribution in [0.2, 0.25) is 0 Å². The molecule has 0 saturated carbocycles. The number of amides is 1. The Kier molecular flexibility index (Phi) is 5.17. The Labute approximate surface area is 133 Å². The molecule has 0 fully saturated rings. The minimum absolute atomic E-state index is 0.138. The molecule has 8 heteroatoms. The third-order valence-corrected chi connectivity index (χ3v) is 3.07. The molecule has 0 radical (unpaired) electrons. The molecule has 0 bridgehead atoms. The Hall–Kier alpha value is -2.61. The van der Waals surface area contributed by atoms with E-state index in [1.807, 2.05) is 0 Å². The molecule has 1 amide bonds. The van der Waals surface area contributed by atoms with Crippen molar-refractivity contribution in [1.29, 1.82) is 0 Å². The largest absolute Gasteiger partial charge is 0.463 e. The van der Waals surface area contributed by atoms with Gasteiger partial charge in [-0.3, -0.25) is 9.69 Å². The van der Waals surface area contributed by atoms with E-state index in [9.17, 15) is 9.59 Å². The molecule has 8 nitrogen and oxygen atoms in total. The first-order valence-corrected chi connectivity index (χ1v) is 6.98. The average Bonchev–Trinajstić information content (AvgIpc) is 3.03. The molecule has 124 valence electrons. The van der Waals surface area contributed by atoms with E-state index in [4.69, 9.17) is 8.94 Å². The summed E-state index contributed by atoms with van der Waals surface area (Å²) in [6.45, 7) is 4.02. The van der Waals surface area contributed by atoms with Gasteiger partial charge >= 0.3 is 5.97 Å². The van der Waals surface area contributed by atoms with E-state index in [1.54, 1.807) is 37.9 Å². The Bertz CT molecular complexity index is 704. The van der Waals surface area contributed by atoms with Gasteiger partial charge in [0, 0.05) is 11.6 Å². The van der Waals surface area contributed by atoms with Crippen LogP contribution in [0.3, 0.4) is 0 Å². The van der Waals surface area contributed by atoms with Crippen molar-refractivity contribution in [3.05, 3.63) is 35.0 Å². The molecule has 0 unspecified atom stereocenters. The second-order valence-electron chi connectivity index (χ2n) is 5.26. The lowest BCUT2D eigenvalue weighted by atomic mass is 10.2. The van der Waals surface area contributed by atoms with E-state index in [0.29, 0.717) is 29.4 Å². The first kappa shape index (κ1) is 16.8. The highest BCUT2D eigenvalue weighted by atomic mass is 16.5. The molecule has 0 atom stereocenters. The lowest BCUT2D eigenvalue weighted by molar-refractivity contribution is -0.117. The van der Waals surface area contributed by atoms with Gasteiger partial charge in [-0.25, -0.2) is 4.79 Å². The number of furan rings is 1. The molecule has 0 aliphatic carbocycles. The number of hydrogen-bond donors (Lipinski definition) is 1. The maximum atomic E-state index is 11.9. The fourth-order valence-corrected chi connectivity index (χ4v) is 2.10. The zero-order chi connectivity index (χ0) is 17.0. The summed E-state index contributed by atoms with van der Waals surface area (Å²) < 4.78 is 15.0. The van der Waals surface area contributed by atoms with Crippen LogP contribution in [0.25, 0.3) is 0 Å². The summed E-state index contributed by atoms with van der Waals surface area (Å²) in [5.41, 5.74) is 0.697. The lowest BCUT2D eigenvalue weighted by Gasteiger charge is -2.13. The summed E-state index contributed by atoms with van der Waals surface area (Å²) in [5, 5.41) is 6.33. The predicted molar refractivity (Wildman–Crippen MR) is 81.0 cm³/mol. The monoisotopic (exact) mass is 321 g/mol. The summed E-state index contributed by atoms with van der Waals surface area (Å²) in [6, 6.07) is 3.39. The van der Waals surface area contributed by atoms with Gasteiger partial charge in [0.2, 0.25) is 11.7 Å². The maximum absolute atomic E-state index is 11.9. The quantitative estimate of drug-likeness (QED) is 0.809.